The molecule has 40 heavy (non-hydrogen) atoms. The molecule has 0 fully saturated rings. The molecule has 0 spiro atoms. The van der Waals surface area contributed by atoms with Gasteiger partial charge in [-0.1, -0.05) is 103 Å². The van der Waals surface area contributed by atoms with E-state index in [1.54, 1.807) is 0 Å². The van der Waals surface area contributed by atoms with Gasteiger partial charge in [-0.3, -0.25) is 4.52 Å². The van der Waals surface area contributed by atoms with Gasteiger partial charge in [-0.25, -0.2) is 17.4 Å². The molecule has 1 rings (SSSR count). The topological polar surface area (TPSA) is 119 Å². The van der Waals surface area contributed by atoms with E-state index in [-0.39, 0.29) is 23.7 Å². The molecular formula is C29H52FO8PS. The van der Waals surface area contributed by atoms with Gasteiger partial charge in [0.15, 0.2) is 9.84 Å². The summed E-state index contributed by atoms with van der Waals surface area (Å²) in [6, 6.07) is 3.37. The Morgan fingerprint density at radius 2 is 1.30 bits per heavy atom. The third kappa shape index (κ3) is 20.9. The van der Waals surface area contributed by atoms with Crippen LogP contribution in [0.4, 0.5) is 4.39 Å². The number of phosphoric ester groups is 1. The second-order valence-corrected chi connectivity index (χ2v) is 13.9. The fourth-order valence-electron chi connectivity index (χ4n) is 4.42. The van der Waals surface area contributed by atoms with Crippen LogP contribution >= 0.6 is 7.82 Å². The van der Waals surface area contributed by atoms with Crippen molar-refractivity contribution < 1.29 is 41.2 Å². The lowest BCUT2D eigenvalue weighted by Gasteiger charge is -2.19. The van der Waals surface area contributed by atoms with Crippen LogP contribution in [-0.4, -0.2) is 50.4 Å². The van der Waals surface area contributed by atoms with Crippen molar-refractivity contribution in [2.45, 2.75) is 127 Å². The minimum Gasteiger partial charge on any atom is -0.379 e. The molecule has 0 heterocycles. The van der Waals surface area contributed by atoms with Crippen LogP contribution in [0.25, 0.3) is 0 Å². The molecule has 1 atom stereocenters. The Labute approximate surface area is 241 Å². The summed E-state index contributed by atoms with van der Waals surface area (Å²) >= 11 is 0. The smallest absolute Gasteiger partial charge is 0.379 e. The fraction of sp³-hybridized carbons (Fsp3) is 0.793. The summed E-state index contributed by atoms with van der Waals surface area (Å²) in [4.78, 5) is 17.9. The van der Waals surface area contributed by atoms with Crippen LogP contribution < -0.4 is 0 Å². The monoisotopic (exact) mass is 610 g/mol. The van der Waals surface area contributed by atoms with Crippen molar-refractivity contribution in [2.75, 3.05) is 26.1 Å². The van der Waals surface area contributed by atoms with Crippen LogP contribution in [0.2, 0.25) is 0 Å². The van der Waals surface area contributed by atoms with Crippen LogP contribution in [0.5, 0.6) is 0 Å². The van der Waals surface area contributed by atoms with E-state index in [2.05, 4.69) is 11.4 Å². The SMILES string of the molecule is CCCCCCCCCCCCCCCCCCOC[C@H](COP(=O)(O)O)OCc1cc(F)cc(S(C)(=O)=O)c1. The van der Waals surface area contributed by atoms with Crippen molar-refractivity contribution in [2.24, 2.45) is 0 Å². The standard InChI is InChI=1S/C29H52FO8PS/c1-3-4-5-6-7-8-9-10-11-12-13-14-15-16-17-18-19-36-24-28(25-38-39(31,32)33)37-23-26-20-27(30)22-29(21-26)40(2,34)35/h20-22,28H,3-19,23-25H2,1-2H3,(H2,31,32,33)/t28-/m1/s1. The summed E-state index contributed by atoms with van der Waals surface area (Å²) in [5, 5.41) is 0. The van der Waals surface area contributed by atoms with Crippen molar-refractivity contribution >= 4 is 17.7 Å². The molecule has 1 aromatic rings. The summed E-state index contributed by atoms with van der Waals surface area (Å²) in [6.45, 7) is 2.18. The quantitative estimate of drug-likeness (QED) is 0.0817. The molecule has 0 bridgehead atoms. The normalized spacial score (nSPS) is 13.1. The molecular weight excluding hydrogens is 558 g/mol. The van der Waals surface area contributed by atoms with Crippen LogP contribution in [0.3, 0.4) is 0 Å². The van der Waals surface area contributed by atoms with E-state index in [1.165, 1.54) is 89.5 Å². The molecule has 234 valence electrons. The Kier molecular flexibility index (Phi) is 20.2. The molecule has 8 nitrogen and oxygen atoms in total. The molecule has 11 heteroatoms. The number of rotatable bonds is 26. The van der Waals surface area contributed by atoms with E-state index in [4.69, 9.17) is 19.3 Å². The van der Waals surface area contributed by atoms with Crippen molar-refractivity contribution in [1.82, 2.24) is 0 Å². The third-order valence-corrected chi connectivity index (χ3v) is 8.30. The second kappa shape index (κ2) is 21.8. The number of sulfone groups is 1. The van der Waals surface area contributed by atoms with Crippen molar-refractivity contribution in [1.29, 1.82) is 0 Å². The highest BCUT2D eigenvalue weighted by Gasteiger charge is 2.20. The van der Waals surface area contributed by atoms with E-state index in [9.17, 15) is 17.4 Å². The van der Waals surface area contributed by atoms with Crippen LogP contribution in [0, 0.1) is 5.82 Å². The average Bonchev–Trinajstić information content (AvgIpc) is 2.87. The van der Waals surface area contributed by atoms with E-state index in [1.807, 2.05) is 0 Å². The lowest BCUT2D eigenvalue weighted by Crippen LogP contribution is -2.25. The summed E-state index contributed by atoms with van der Waals surface area (Å²) < 4.78 is 64.3. The highest BCUT2D eigenvalue weighted by atomic mass is 32.2. The summed E-state index contributed by atoms with van der Waals surface area (Å²) in [7, 11) is -8.31. The zero-order valence-corrected chi connectivity index (χ0v) is 26.2. The van der Waals surface area contributed by atoms with E-state index >= 15 is 0 Å². The highest BCUT2D eigenvalue weighted by molar-refractivity contribution is 7.90. The lowest BCUT2D eigenvalue weighted by atomic mass is 10.0. The number of phosphoric acid groups is 1. The highest BCUT2D eigenvalue weighted by Crippen LogP contribution is 2.36. The second-order valence-electron chi connectivity index (χ2n) is 10.7. The van der Waals surface area contributed by atoms with Gasteiger partial charge in [0.2, 0.25) is 0 Å². The molecule has 0 aromatic heterocycles. The molecule has 2 N–H and O–H groups in total. The molecule has 1 aromatic carbocycles. The van der Waals surface area contributed by atoms with Gasteiger partial charge in [0, 0.05) is 12.9 Å². The first-order valence-electron chi connectivity index (χ1n) is 14.9. The Hall–Kier alpha value is -0.870. The van der Waals surface area contributed by atoms with E-state index < -0.39 is 36.2 Å². The molecule has 0 aliphatic carbocycles. The first kappa shape index (κ1) is 37.2. The Bertz CT molecular complexity index is 938. The van der Waals surface area contributed by atoms with E-state index in [0.717, 1.165) is 37.7 Å². The van der Waals surface area contributed by atoms with Gasteiger partial charge < -0.3 is 19.3 Å². The molecule has 0 amide bonds. The summed E-state index contributed by atoms with van der Waals surface area (Å²) in [5.74, 6) is -0.718. The molecule has 0 aliphatic rings. The van der Waals surface area contributed by atoms with Gasteiger partial charge in [0.25, 0.3) is 0 Å². The van der Waals surface area contributed by atoms with Gasteiger partial charge >= 0.3 is 7.82 Å². The Morgan fingerprint density at radius 3 is 1.77 bits per heavy atom. The molecule has 0 unspecified atom stereocenters. The predicted octanol–water partition coefficient (Wildman–Crippen LogP) is 7.50. The maximum Gasteiger partial charge on any atom is 0.469 e. The van der Waals surface area contributed by atoms with Gasteiger partial charge in [-0.15, -0.1) is 0 Å². The molecule has 0 radical (unpaired) electrons. The number of ether oxygens (including phenoxy) is 2. The average molecular weight is 611 g/mol. The van der Waals surface area contributed by atoms with Crippen molar-refractivity contribution in [3.05, 3.63) is 29.6 Å². The molecule has 0 saturated heterocycles. The van der Waals surface area contributed by atoms with Gasteiger partial charge in [-0.2, -0.15) is 0 Å². The Morgan fingerprint density at radius 1 is 0.800 bits per heavy atom. The fourth-order valence-corrected chi connectivity index (χ4v) is 5.48. The van der Waals surface area contributed by atoms with Gasteiger partial charge in [0.05, 0.1) is 24.7 Å². The zero-order chi connectivity index (χ0) is 29.7. The Balaban J connectivity index is 2.18. The van der Waals surface area contributed by atoms with Crippen LogP contribution in [0.15, 0.2) is 23.1 Å². The van der Waals surface area contributed by atoms with Gasteiger partial charge in [-0.05, 0) is 30.2 Å². The predicted molar refractivity (Wildman–Crippen MR) is 156 cm³/mol. The maximum absolute atomic E-state index is 13.8. The summed E-state index contributed by atoms with van der Waals surface area (Å²) in [5.41, 5.74) is 0.277. The number of halogens is 1. The maximum atomic E-state index is 13.8. The van der Waals surface area contributed by atoms with Crippen molar-refractivity contribution in [3.63, 3.8) is 0 Å². The first-order chi connectivity index (χ1) is 19.0. The van der Waals surface area contributed by atoms with E-state index in [0.29, 0.717) is 6.61 Å². The van der Waals surface area contributed by atoms with Gasteiger partial charge in [0.1, 0.15) is 11.9 Å². The first-order valence-corrected chi connectivity index (χ1v) is 18.3. The largest absolute Gasteiger partial charge is 0.469 e. The zero-order valence-electron chi connectivity index (χ0n) is 24.5. The third-order valence-electron chi connectivity index (χ3n) is 6.72. The number of hydrogen-bond donors (Lipinski definition) is 2. The minimum absolute atomic E-state index is 0.0347. The number of benzene rings is 1. The molecule has 0 saturated carbocycles. The molecule has 0 aliphatic heterocycles. The number of hydrogen-bond acceptors (Lipinski definition) is 6. The van der Waals surface area contributed by atoms with Crippen LogP contribution in [0.1, 0.15) is 115 Å². The minimum atomic E-state index is -4.71. The lowest BCUT2D eigenvalue weighted by molar-refractivity contribution is -0.0494. The number of unbranched alkanes of at least 4 members (excludes halogenated alkanes) is 15. The van der Waals surface area contributed by atoms with Crippen LogP contribution in [-0.2, 0) is 35.0 Å². The van der Waals surface area contributed by atoms with Crippen molar-refractivity contribution in [3.8, 4) is 0 Å². The summed E-state index contributed by atoms with van der Waals surface area (Å²) in [6.07, 6.45) is 20.6.